The molecule has 0 bridgehead atoms. The summed E-state index contributed by atoms with van der Waals surface area (Å²) >= 11 is 1.36. The highest BCUT2D eigenvalue weighted by Crippen LogP contribution is 2.38. The fraction of sp³-hybridized carbons (Fsp3) is 0.176. The number of nitrogen functional groups attached to an aromatic ring is 1. The summed E-state index contributed by atoms with van der Waals surface area (Å²) in [7, 11) is 0. The Hall–Kier alpha value is -2.58. The van der Waals surface area contributed by atoms with Gasteiger partial charge in [0.2, 0.25) is 11.4 Å². The van der Waals surface area contributed by atoms with Crippen LogP contribution in [0.1, 0.15) is 23.0 Å². The molecule has 0 fully saturated rings. The molecule has 2 N–H and O–H groups in total. The molecule has 25 heavy (non-hydrogen) atoms. The lowest BCUT2D eigenvalue weighted by molar-refractivity contribution is -0.112. The van der Waals surface area contributed by atoms with E-state index in [2.05, 4.69) is 10.2 Å². The summed E-state index contributed by atoms with van der Waals surface area (Å²) in [4.78, 5) is 0. The SMILES string of the molecule is Nn1cnnc1SCc1cc(F)cc2c1O[C@H](c1ccccc1)OC2. The molecule has 0 saturated heterocycles. The molecule has 1 aromatic heterocycles. The lowest BCUT2D eigenvalue weighted by atomic mass is 10.1. The van der Waals surface area contributed by atoms with Gasteiger partial charge in [0.25, 0.3) is 0 Å². The molecule has 2 aromatic carbocycles. The van der Waals surface area contributed by atoms with E-state index in [0.29, 0.717) is 22.2 Å². The average Bonchev–Trinajstić information content (AvgIpc) is 3.05. The van der Waals surface area contributed by atoms with Crippen LogP contribution in [0.15, 0.2) is 53.9 Å². The van der Waals surface area contributed by atoms with E-state index >= 15 is 0 Å². The molecule has 0 aliphatic carbocycles. The van der Waals surface area contributed by atoms with Crippen molar-refractivity contribution in [2.24, 2.45) is 0 Å². The zero-order valence-corrected chi connectivity index (χ0v) is 13.9. The van der Waals surface area contributed by atoms with Gasteiger partial charge < -0.3 is 15.3 Å². The van der Waals surface area contributed by atoms with Gasteiger partial charge in [-0.1, -0.05) is 42.1 Å². The van der Waals surface area contributed by atoms with Crippen LogP contribution in [0, 0.1) is 5.82 Å². The molecular formula is C17H15FN4O2S. The average molecular weight is 358 g/mol. The number of fused-ring (bicyclic) bond motifs is 1. The first-order valence-corrected chi connectivity index (χ1v) is 8.61. The Labute approximate surface area is 147 Å². The minimum Gasteiger partial charge on any atom is -0.460 e. The Morgan fingerprint density at radius 1 is 1.28 bits per heavy atom. The largest absolute Gasteiger partial charge is 0.460 e. The van der Waals surface area contributed by atoms with Gasteiger partial charge in [0.15, 0.2) is 0 Å². The van der Waals surface area contributed by atoms with Crippen LogP contribution in [0.5, 0.6) is 5.75 Å². The number of nitrogens with two attached hydrogens (primary N) is 1. The van der Waals surface area contributed by atoms with Crippen LogP contribution >= 0.6 is 11.8 Å². The highest BCUT2D eigenvalue weighted by atomic mass is 32.2. The number of hydrogen-bond donors (Lipinski definition) is 1. The van der Waals surface area contributed by atoms with Crippen molar-refractivity contribution < 1.29 is 13.9 Å². The van der Waals surface area contributed by atoms with Crippen LogP contribution in [0.3, 0.4) is 0 Å². The van der Waals surface area contributed by atoms with Crippen LogP contribution in [0.2, 0.25) is 0 Å². The maximum absolute atomic E-state index is 13.9. The Bertz CT molecular complexity index is 888. The predicted octanol–water partition coefficient (Wildman–Crippen LogP) is 3.03. The van der Waals surface area contributed by atoms with Crippen molar-refractivity contribution in [1.82, 2.24) is 14.9 Å². The van der Waals surface area contributed by atoms with Crippen molar-refractivity contribution in [2.75, 3.05) is 5.84 Å². The molecule has 0 radical (unpaired) electrons. The van der Waals surface area contributed by atoms with Gasteiger partial charge in [-0.3, -0.25) is 0 Å². The van der Waals surface area contributed by atoms with E-state index in [9.17, 15) is 4.39 Å². The highest BCUT2D eigenvalue weighted by molar-refractivity contribution is 7.98. The molecule has 8 heteroatoms. The molecule has 0 saturated carbocycles. The smallest absolute Gasteiger partial charge is 0.227 e. The van der Waals surface area contributed by atoms with Crippen LogP contribution in [0.4, 0.5) is 4.39 Å². The standard InChI is InChI=1S/C17H15FN4O2S/c18-14-6-12-8-23-16(11-4-2-1-3-5-11)24-15(12)13(7-14)9-25-17-21-20-10-22(17)19/h1-7,10,16H,8-9,19H2/t16-/m1/s1. The topological polar surface area (TPSA) is 75.2 Å². The highest BCUT2D eigenvalue weighted by Gasteiger charge is 2.25. The van der Waals surface area contributed by atoms with E-state index in [1.807, 2.05) is 30.3 Å². The summed E-state index contributed by atoms with van der Waals surface area (Å²) in [6.07, 6.45) is 0.903. The minimum absolute atomic E-state index is 0.289. The summed E-state index contributed by atoms with van der Waals surface area (Å²) in [5.74, 6) is 6.50. The second-order valence-electron chi connectivity index (χ2n) is 5.53. The zero-order chi connectivity index (χ0) is 17.2. The third-order valence-corrected chi connectivity index (χ3v) is 4.80. The van der Waals surface area contributed by atoms with Crippen molar-refractivity contribution in [3.05, 3.63) is 71.3 Å². The van der Waals surface area contributed by atoms with Crippen molar-refractivity contribution in [3.8, 4) is 5.75 Å². The first-order valence-electron chi connectivity index (χ1n) is 7.63. The van der Waals surface area contributed by atoms with E-state index < -0.39 is 6.29 Å². The third kappa shape index (κ3) is 3.31. The third-order valence-electron chi connectivity index (χ3n) is 3.79. The van der Waals surface area contributed by atoms with Crippen LogP contribution in [-0.2, 0) is 17.1 Å². The number of rotatable bonds is 4. The van der Waals surface area contributed by atoms with Crippen LogP contribution < -0.4 is 10.6 Å². The maximum Gasteiger partial charge on any atom is 0.227 e. The quantitative estimate of drug-likeness (QED) is 0.571. The summed E-state index contributed by atoms with van der Waals surface area (Å²) in [5, 5.41) is 8.20. The summed E-state index contributed by atoms with van der Waals surface area (Å²) in [6, 6.07) is 12.6. The molecule has 1 atom stereocenters. The fourth-order valence-corrected chi connectivity index (χ4v) is 3.44. The molecule has 128 valence electrons. The van der Waals surface area contributed by atoms with E-state index in [4.69, 9.17) is 15.3 Å². The van der Waals surface area contributed by atoms with E-state index in [1.165, 1.54) is 34.9 Å². The second-order valence-corrected chi connectivity index (χ2v) is 6.48. The van der Waals surface area contributed by atoms with E-state index in [1.54, 1.807) is 0 Å². The van der Waals surface area contributed by atoms with Crippen LogP contribution in [-0.4, -0.2) is 14.9 Å². The summed E-state index contributed by atoms with van der Waals surface area (Å²) in [5.41, 5.74) is 2.34. The number of thioether (sulfide) groups is 1. The van der Waals surface area contributed by atoms with Gasteiger partial charge in [0.1, 0.15) is 17.9 Å². The van der Waals surface area contributed by atoms with Crippen molar-refractivity contribution in [2.45, 2.75) is 23.8 Å². The molecule has 1 aliphatic heterocycles. The van der Waals surface area contributed by atoms with Gasteiger partial charge in [-0.15, -0.1) is 10.2 Å². The second kappa shape index (κ2) is 6.73. The number of benzene rings is 2. The van der Waals surface area contributed by atoms with Gasteiger partial charge in [0, 0.05) is 22.4 Å². The Kier molecular flexibility index (Phi) is 4.29. The molecule has 2 heterocycles. The normalized spacial score (nSPS) is 16.3. The molecule has 1 aliphatic rings. The van der Waals surface area contributed by atoms with Gasteiger partial charge in [-0.05, 0) is 12.1 Å². The first-order chi connectivity index (χ1) is 12.2. The minimum atomic E-state index is -0.513. The number of aromatic nitrogens is 3. The number of hydrogen-bond acceptors (Lipinski definition) is 6. The predicted molar refractivity (Wildman–Crippen MR) is 90.7 cm³/mol. The molecule has 4 rings (SSSR count). The van der Waals surface area contributed by atoms with Gasteiger partial charge in [-0.2, -0.15) is 0 Å². The molecule has 0 amide bonds. The van der Waals surface area contributed by atoms with Gasteiger partial charge in [0.05, 0.1) is 6.61 Å². The Balaban J connectivity index is 1.60. The number of halogens is 1. The molecular weight excluding hydrogens is 343 g/mol. The zero-order valence-electron chi connectivity index (χ0n) is 13.1. The Morgan fingerprint density at radius 3 is 2.88 bits per heavy atom. The lowest BCUT2D eigenvalue weighted by Crippen LogP contribution is -2.19. The van der Waals surface area contributed by atoms with E-state index in [-0.39, 0.29) is 12.4 Å². The summed E-state index contributed by atoms with van der Waals surface area (Å²) in [6.45, 7) is 0.289. The van der Waals surface area contributed by atoms with Crippen molar-refractivity contribution >= 4 is 11.8 Å². The molecule has 6 nitrogen and oxygen atoms in total. The first kappa shape index (κ1) is 15.9. The number of nitrogens with zero attached hydrogens (tertiary/aromatic N) is 3. The molecule has 0 spiro atoms. The Morgan fingerprint density at radius 2 is 2.12 bits per heavy atom. The lowest BCUT2D eigenvalue weighted by Gasteiger charge is -2.28. The van der Waals surface area contributed by atoms with Crippen molar-refractivity contribution in [3.63, 3.8) is 0 Å². The van der Waals surface area contributed by atoms with Gasteiger partial charge >= 0.3 is 0 Å². The fourth-order valence-electron chi connectivity index (χ4n) is 2.64. The summed E-state index contributed by atoms with van der Waals surface area (Å²) < 4.78 is 27.0. The van der Waals surface area contributed by atoms with Crippen molar-refractivity contribution in [1.29, 1.82) is 0 Å². The number of ether oxygens (including phenoxy) is 2. The van der Waals surface area contributed by atoms with Gasteiger partial charge in [-0.25, -0.2) is 9.07 Å². The molecule has 3 aromatic rings. The van der Waals surface area contributed by atoms with E-state index in [0.717, 1.165) is 11.1 Å². The monoisotopic (exact) mass is 358 g/mol. The maximum atomic E-state index is 13.9. The molecule has 0 unspecified atom stereocenters. The van der Waals surface area contributed by atoms with Crippen LogP contribution in [0.25, 0.3) is 0 Å².